The Morgan fingerprint density at radius 2 is 1.25 bits per heavy atom. The molecule has 0 saturated heterocycles. The lowest BCUT2D eigenvalue weighted by molar-refractivity contribution is 0.468. The Balaban J connectivity index is 1.58. The van der Waals surface area contributed by atoms with Crippen molar-refractivity contribution in [1.29, 1.82) is 0 Å². The maximum Gasteiger partial charge on any atom is 0.275 e. The SMILES string of the molecule is Oc1c(Br)cc(CN=Nc2nc(Nc3ccccc3)nc(Nc3ccccc3)n2)cc1Br. The topological polar surface area (TPSA) is 108 Å². The Hall–Kier alpha value is -3.37. The van der Waals surface area contributed by atoms with E-state index in [1.807, 2.05) is 60.7 Å². The van der Waals surface area contributed by atoms with E-state index >= 15 is 0 Å². The van der Waals surface area contributed by atoms with E-state index in [1.54, 1.807) is 12.1 Å². The molecule has 0 aliphatic heterocycles. The Morgan fingerprint density at radius 3 is 1.75 bits per heavy atom. The molecule has 0 bridgehead atoms. The molecule has 8 nitrogen and oxygen atoms in total. The number of anilines is 4. The number of hydrogen-bond donors (Lipinski definition) is 3. The summed E-state index contributed by atoms with van der Waals surface area (Å²) < 4.78 is 1.14. The number of phenolic OH excluding ortho intramolecular Hbond substituents is 1. The van der Waals surface area contributed by atoms with Crippen LogP contribution in [0.1, 0.15) is 5.56 Å². The molecule has 0 atom stereocenters. The van der Waals surface area contributed by atoms with Gasteiger partial charge in [0.05, 0.1) is 15.5 Å². The molecule has 0 saturated carbocycles. The average Bonchev–Trinajstić information content (AvgIpc) is 2.79. The van der Waals surface area contributed by atoms with Crippen LogP contribution in [0, 0.1) is 0 Å². The summed E-state index contributed by atoms with van der Waals surface area (Å²) >= 11 is 6.63. The Bertz CT molecular complexity index is 1150. The fourth-order valence-corrected chi connectivity index (χ4v) is 3.99. The molecule has 4 aromatic rings. The number of nitrogens with one attached hydrogen (secondary N) is 2. The van der Waals surface area contributed by atoms with Crippen LogP contribution in [-0.2, 0) is 6.54 Å². The van der Waals surface area contributed by atoms with Crippen LogP contribution in [0.15, 0.2) is 92.0 Å². The van der Waals surface area contributed by atoms with E-state index in [0.717, 1.165) is 16.9 Å². The maximum absolute atomic E-state index is 9.85. The lowest BCUT2D eigenvalue weighted by atomic mass is 10.2. The zero-order valence-corrected chi connectivity index (χ0v) is 19.7. The van der Waals surface area contributed by atoms with Gasteiger partial charge in [-0.05, 0) is 73.8 Å². The van der Waals surface area contributed by atoms with Gasteiger partial charge in [0.25, 0.3) is 5.95 Å². The molecule has 4 rings (SSSR count). The summed E-state index contributed by atoms with van der Waals surface area (Å²) in [5.74, 6) is 0.979. The summed E-state index contributed by atoms with van der Waals surface area (Å²) in [4.78, 5) is 13.2. The van der Waals surface area contributed by atoms with Crippen LogP contribution in [-0.4, -0.2) is 20.1 Å². The number of nitrogens with zero attached hydrogens (tertiary/aromatic N) is 5. The molecule has 0 radical (unpaired) electrons. The van der Waals surface area contributed by atoms with Crippen LogP contribution in [0.5, 0.6) is 5.75 Å². The third-order valence-electron chi connectivity index (χ3n) is 4.17. The quantitative estimate of drug-likeness (QED) is 0.215. The first-order valence-corrected chi connectivity index (χ1v) is 11.1. The van der Waals surface area contributed by atoms with Crippen LogP contribution in [0.3, 0.4) is 0 Å². The number of aromatic nitrogens is 3. The van der Waals surface area contributed by atoms with Gasteiger partial charge in [0.2, 0.25) is 11.9 Å². The standard InChI is InChI=1S/C22H17Br2N7O/c23-17-11-14(12-18(24)19(17)32)13-25-31-22-29-20(26-15-7-3-1-4-8-15)28-21(30-22)27-16-9-5-2-6-10-16/h1-12,32H,13H2,(H2,26,27,28,29,30). The zero-order valence-electron chi connectivity index (χ0n) is 16.6. The highest BCUT2D eigenvalue weighted by atomic mass is 79.9. The first-order valence-electron chi connectivity index (χ1n) is 9.51. The van der Waals surface area contributed by atoms with Crippen LogP contribution >= 0.6 is 31.9 Å². The Morgan fingerprint density at radius 1 is 0.750 bits per heavy atom. The third kappa shape index (κ3) is 5.86. The number of aromatic hydroxyl groups is 1. The van der Waals surface area contributed by atoms with Gasteiger partial charge in [-0.15, -0.1) is 5.11 Å². The summed E-state index contributed by atoms with van der Waals surface area (Å²) in [5.41, 5.74) is 2.53. The molecule has 1 heterocycles. The van der Waals surface area contributed by atoms with E-state index in [9.17, 15) is 5.11 Å². The van der Waals surface area contributed by atoms with Gasteiger partial charge < -0.3 is 15.7 Å². The van der Waals surface area contributed by atoms with E-state index in [4.69, 9.17) is 0 Å². The molecule has 0 aliphatic rings. The van der Waals surface area contributed by atoms with Crippen LogP contribution < -0.4 is 10.6 Å². The second-order valence-electron chi connectivity index (χ2n) is 6.57. The van der Waals surface area contributed by atoms with Crippen LogP contribution in [0.4, 0.5) is 29.2 Å². The van der Waals surface area contributed by atoms with E-state index in [-0.39, 0.29) is 18.2 Å². The number of hydrogen-bond acceptors (Lipinski definition) is 8. The minimum atomic E-state index is 0.136. The monoisotopic (exact) mass is 553 g/mol. The van der Waals surface area contributed by atoms with Crippen molar-refractivity contribution >= 4 is 61.1 Å². The van der Waals surface area contributed by atoms with Gasteiger partial charge in [0, 0.05) is 11.4 Å². The molecule has 3 aromatic carbocycles. The second-order valence-corrected chi connectivity index (χ2v) is 8.28. The number of rotatable bonds is 7. The van der Waals surface area contributed by atoms with Gasteiger partial charge in [-0.25, -0.2) is 0 Å². The van der Waals surface area contributed by atoms with Gasteiger partial charge in [0.15, 0.2) is 0 Å². The van der Waals surface area contributed by atoms with Gasteiger partial charge in [-0.1, -0.05) is 36.4 Å². The summed E-state index contributed by atoms with van der Waals surface area (Å²) in [7, 11) is 0. The predicted molar refractivity (Wildman–Crippen MR) is 131 cm³/mol. The fraction of sp³-hybridized carbons (Fsp3) is 0.0455. The molecule has 10 heteroatoms. The molecule has 160 valence electrons. The van der Waals surface area contributed by atoms with Crippen molar-refractivity contribution in [1.82, 2.24) is 15.0 Å². The van der Waals surface area contributed by atoms with Crippen molar-refractivity contribution in [2.24, 2.45) is 10.2 Å². The first kappa shape index (κ1) is 21.8. The molecule has 3 N–H and O–H groups in total. The van der Waals surface area contributed by atoms with Crippen LogP contribution in [0.25, 0.3) is 0 Å². The molecule has 0 fully saturated rings. The minimum absolute atomic E-state index is 0.136. The highest BCUT2D eigenvalue weighted by Crippen LogP contribution is 2.33. The van der Waals surface area contributed by atoms with Crippen molar-refractivity contribution < 1.29 is 5.11 Å². The molecule has 0 aliphatic carbocycles. The summed E-state index contributed by atoms with van der Waals surface area (Å²) in [6.07, 6.45) is 0. The van der Waals surface area contributed by atoms with E-state index in [0.29, 0.717) is 20.8 Å². The lowest BCUT2D eigenvalue weighted by Crippen LogP contribution is -2.03. The largest absolute Gasteiger partial charge is 0.506 e. The Kier molecular flexibility index (Phi) is 7.03. The van der Waals surface area contributed by atoms with Crippen LogP contribution in [0.2, 0.25) is 0 Å². The van der Waals surface area contributed by atoms with Crippen molar-refractivity contribution in [2.45, 2.75) is 6.54 Å². The second kappa shape index (κ2) is 10.3. The maximum atomic E-state index is 9.85. The van der Waals surface area contributed by atoms with E-state index < -0.39 is 0 Å². The lowest BCUT2D eigenvalue weighted by Gasteiger charge is -2.08. The number of azo groups is 1. The first-order chi connectivity index (χ1) is 15.6. The Labute approximate surface area is 201 Å². The van der Waals surface area contributed by atoms with Crippen molar-refractivity contribution in [2.75, 3.05) is 10.6 Å². The summed E-state index contributed by atoms with van der Waals surface area (Å²) in [6.45, 7) is 0.284. The minimum Gasteiger partial charge on any atom is -0.506 e. The van der Waals surface area contributed by atoms with Crippen molar-refractivity contribution in [3.05, 3.63) is 87.3 Å². The number of para-hydroxylation sites is 2. The van der Waals surface area contributed by atoms with Gasteiger partial charge in [-0.3, -0.25) is 0 Å². The summed E-state index contributed by atoms with van der Waals surface area (Å²) in [5, 5.41) is 24.6. The zero-order chi connectivity index (χ0) is 22.3. The van der Waals surface area contributed by atoms with E-state index in [1.165, 1.54) is 0 Å². The smallest absolute Gasteiger partial charge is 0.275 e. The molecule has 32 heavy (non-hydrogen) atoms. The molecule has 0 unspecified atom stereocenters. The average molecular weight is 555 g/mol. The molecule has 1 aromatic heterocycles. The molecular formula is C22H17Br2N7O. The summed E-state index contributed by atoms with van der Waals surface area (Å²) in [6, 6.07) is 22.7. The highest BCUT2D eigenvalue weighted by molar-refractivity contribution is 9.11. The van der Waals surface area contributed by atoms with Gasteiger partial charge in [0.1, 0.15) is 5.75 Å². The van der Waals surface area contributed by atoms with E-state index in [2.05, 4.69) is 67.7 Å². The number of benzene rings is 3. The highest BCUT2D eigenvalue weighted by Gasteiger charge is 2.08. The fourth-order valence-electron chi connectivity index (χ4n) is 2.71. The van der Waals surface area contributed by atoms with Crippen molar-refractivity contribution in [3.63, 3.8) is 0 Å². The number of halogens is 2. The predicted octanol–water partition coefficient (Wildman–Crippen LogP) is 6.87. The normalized spacial score (nSPS) is 10.9. The van der Waals surface area contributed by atoms with Gasteiger partial charge >= 0.3 is 0 Å². The molecule has 0 amide bonds. The van der Waals surface area contributed by atoms with Gasteiger partial charge in [-0.2, -0.15) is 20.1 Å². The third-order valence-corrected chi connectivity index (χ3v) is 5.38. The molecular weight excluding hydrogens is 538 g/mol. The molecule has 0 spiro atoms. The number of phenols is 1. The van der Waals surface area contributed by atoms with Crippen molar-refractivity contribution in [3.8, 4) is 5.75 Å².